The first-order chi connectivity index (χ1) is 14.6. The number of pyridine rings is 1. The van der Waals surface area contributed by atoms with Gasteiger partial charge in [0.2, 0.25) is 0 Å². The Labute approximate surface area is 180 Å². The summed E-state index contributed by atoms with van der Waals surface area (Å²) in [4.78, 5) is 24.5. The molecule has 0 fully saturated rings. The fraction of sp³-hybridized carbons (Fsp3) is 0.160. The van der Waals surface area contributed by atoms with Crippen LogP contribution in [0.2, 0.25) is 0 Å². The lowest BCUT2D eigenvalue weighted by Crippen LogP contribution is -2.33. The van der Waals surface area contributed by atoms with E-state index in [9.17, 15) is 4.79 Å². The van der Waals surface area contributed by atoms with Crippen molar-refractivity contribution in [3.05, 3.63) is 101 Å². The lowest BCUT2D eigenvalue weighted by atomic mass is 10.1. The van der Waals surface area contributed by atoms with Gasteiger partial charge in [0, 0.05) is 23.2 Å². The second kappa shape index (κ2) is 9.01. The third kappa shape index (κ3) is 4.47. The topological polar surface area (TPSA) is 46.1 Å². The summed E-state index contributed by atoms with van der Waals surface area (Å²) in [6.45, 7) is 4.37. The fourth-order valence-corrected chi connectivity index (χ4v) is 4.22. The molecule has 0 unspecified atom stereocenters. The molecule has 4 nitrogen and oxygen atoms in total. The maximum absolute atomic E-state index is 13.5. The number of anilines is 1. The third-order valence-electron chi connectivity index (χ3n) is 4.96. The first kappa shape index (κ1) is 20.0. The Kier molecular flexibility index (Phi) is 6.00. The van der Waals surface area contributed by atoms with E-state index in [0.717, 1.165) is 29.1 Å². The van der Waals surface area contributed by atoms with Gasteiger partial charge in [-0.1, -0.05) is 60.7 Å². The van der Waals surface area contributed by atoms with E-state index in [1.807, 2.05) is 79.9 Å². The Bertz CT molecular complexity index is 1140. The van der Waals surface area contributed by atoms with Crippen LogP contribution in [0.3, 0.4) is 0 Å². The molecule has 5 heteroatoms. The summed E-state index contributed by atoms with van der Waals surface area (Å²) < 4.78 is 0. The zero-order valence-corrected chi connectivity index (χ0v) is 17.9. The first-order valence-electron chi connectivity index (χ1n) is 9.93. The molecule has 2 aromatic carbocycles. The lowest BCUT2D eigenvalue weighted by molar-refractivity contribution is 0.0986. The van der Waals surface area contributed by atoms with Gasteiger partial charge in [0.1, 0.15) is 0 Å². The number of hydrogen-bond donors (Lipinski definition) is 0. The van der Waals surface area contributed by atoms with Crippen LogP contribution in [0.4, 0.5) is 5.13 Å². The molecule has 4 rings (SSSR count). The second-order valence-electron chi connectivity index (χ2n) is 7.16. The highest BCUT2D eigenvalue weighted by atomic mass is 32.1. The van der Waals surface area contributed by atoms with Gasteiger partial charge in [0.15, 0.2) is 5.13 Å². The smallest absolute Gasteiger partial charge is 0.261 e. The molecule has 4 aromatic rings. The van der Waals surface area contributed by atoms with E-state index >= 15 is 0 Å². The normalized spacial score (nSPS) is 10.7. The average molecular weight is 414 g/mol. The summed E-state index contributed by atoms with van der Waals surface area (Å²) in [5.74, 6) is -0.0649. The minimum atomic E-state index is -0.0649. The fourth-order valence-electron chi connectivity index (χ4n) is 3.36. The van der Waals surface area contributed by atoms with Crippen LogP contribution in [0, 0.1) is 13.8 Å². The highest BCUT2D eigenvalue weighted by molar-refractivity contribution is 7.14. The molecule has 0 N–H and O–H groups in total. The number of thiazole rings is 1. The Morgan fingerprint density at radius 3 is 2.30 bits per heavy atom. The molecule has 0 saturated carbocycles. The summed E-state index contributed by atoms with van der Waals surface area (Å²) in [5.41, 5.74) is 5.37. The van der Waals surface area contributed by atoms with E-state index in [4.69, 9.17) is 4.98 Å². The number of aromatic nitrogens is 2. The monoisotopic (exact) mass is 413 g/mol. The molecular formula is C25H23N3OS. The summed E-state index contributed by atoms with van der Waals surface area (Å²) in [5, 5.41) is 2.71. The number of hydrogen-bond acceptors (Lipinski definition) is 4. The molecule has 0 atom stereocenters. The molecular weight excluding hydrogens is 390 g/mol. The highest BCUT2D eigenvalue weighted by Crippen LogP contribution is 2.29. The number of rotatable bonds is 6. The van der Waals surface area contributed by atoms with E-state index in [2.05, 4.69) is 17.1 Å². The van der Waals surface area contributed by atoms with Crippen molar-refractivity contribution < 1.29 is 4.79 Å². The first-order valence-corrected chi connectivity index (χ1v) is 10.8. The van der Waals surface area contributed by atoms with E-state index in [0.29, 0.717) is 17.2 Å². The quantitative estimate of drug-likeness (QED) is 0.407. The van der Waals surface area contributed by atoms with E-state index in [1.54, 1.807) is 4.90 Å². The molecule has 0 saturated heterocycles. The van der Waals surface area contributed by atoms with Gasteiger partial charge in [0.05, 0.1) is 17.0 Å². The predicted molar refractivity (Wildman–Crippen MR) is 123 cm³/mol. The SMILES string of the molecule is Cc1ccc(C(=O)N(CCc2ccccc2)c2nc(-c3ccccc3)cs2)c(C)n1. The Morgan fingerprint density at radius 2 is 1.60 bits per heavy atom. The van der Waals surface area contributed by atoms with Gasteiger partial charge in [0.25, 0.3) is 5.91 Å². The van der Waals surface area contributed by atoms with Crippen molar-refractivity contribution in [1.82, 2.24) is 9.97 Å². The van der Waals surface area contributed by atoms with Crippen molar-refractivity contribution in [3.63, 3.8) is 0 Å². The summed E-state index contributed by atoms with van der Waals surface area (Å²) in [6.07, 6.45) is 0.755. The van der Waals surface area contributed by atoms with Crippen LogP contribution >= 0.6 is 11.3 Å². The highest BCUT2D eigenvalue weighted by Gasteiger charge is 2.23. The molecule has 0 aliphatic rings. The average Bonchev–Trinajstić information content (AvgIpc) is 3.25. The van der Waals surface area contributed by atoms with Gasteiger partial charge in [-0.15, -0.1) is 11.3 Å². The van der Waals surface area contributed by atoms with Gasteiger partial charge in [-0.05, 0) is 38.0 Å². The van der Waals surface area contributed by atoms with Crippen LogP contribution in [-0.2, 0) is 6.42 Å². The van der Waals surface area contributed by atoms with Crippen LogP contribution in [0.25, 0.3) is 11.3 Å². The van der Waals surface area contributed by atoms with Crippen molar-refractivity contribution in [2.24, 2.45) is 0 Å². The van der Waals surface area contributed by atoms with Crippen molar-refractivity contribution in [2.75, 3.05) is 11.4 Å². The number of nitrogens with zero attached hydrogens (tertiary/aromatic N) is 3. The van der Waals surface area contributed by atoms with Crippen molar-refractivity contribution >= 4 is 22.4 Å². The number of benzene rings is 2. The van der Waals surface area contributed by atoms with Gasteiger partial charge in [-0.2, -0.15) is 0 Å². The zero-order valence-electron chi connectivity index (χ0n) is 17.1. The van der Waals surface area contributed by atoms with Gasteiger partial charge < -0.3 is 0 Å². The van der Waals surface area contributed by atoms with Crippen LogP contribution in [0.5, 0.6) is 0 Å². The maximum atomic E-state index is 13.5. The molecule has 0 spiro atoms. The summed E-state index contributed by atoms with van der Waals surface area (Å²) in [6, 6.07) is 24.0. The van der Waals surface area contributed by atoms with E-state index < -0.39 is 0 Å². The Balaban J connectivity index is 1.66. The molecule has 150 valence electrons. The van der Waals surface area contributed by atoms with E-state index in [1.165, 1.54) is 16.9 Å². The summed E-state index contributed by atoms with van der Waals surface area (Å²) >= 11 is 1.49. The van der Waals surface area contributed by atoms with E-state index in [-0.39, 0.29) is 5.91 Å². The third-order valence-corrected chi connectivity index (χ3v) is 5.82. The molecule has 2 aromatic heterocycles. The van der Waals surface area contributed by atoms with Crippen LogP contribution < -0.4 is 4.90 Å². The predicted octanol–water partition coefficient (Wildman–Crippen LogP) is 5.71. The lowest BCUT2D eigenvalue weighted by Gasteiger charge is -2.21. The number of aryl methyl sites for hydroxylation is 2. The minimum Gasteiger partial charge on any atom is -0.284 e. The van der Waals surface area contributed by atoms with Crippen LogP contribution in [0.15, 0.2) is 78.2 Å². The van der Waals surface area contributed by atoms with Crippen molar-refractivity contribution in [3.8, 4) is 11.3 Å². The second-order valence-corrected chi connectivity index (χ2v) is 8.00. The molecule has 0 bridgehead atoms. The van der Waals surface area contributed by atoms with Gasteiger partial charge in [-0.25, -0.2) is 4.98 Å². The standard InChI is InChI=1S/C25H23N3OS/c1-18-13-14-22(19(2)26-18)24(29)28(16-15-20-9-5-3-6-10-20)25-27-23(17-30-25)21-11-7-4-8-12-21/h3-14,17H,15-16H2,1-2H3. The molecule has 30 heavy (non-hydrogen) atoms. The Morgan fingerprint density at radius 1 is 0.900 bits per heavy atom. The Hall–Kier alpha value is -3.31. The largest absolute Gasteiger partial charge is 0.284 e. The number of carbonyl (C=O) groups is 1. The summed E-state index contributed by atoms with van der Waals surface area (Å²) in [7, 11) is 0. The van der Waals surface area contributed by atoms with Crippen molar-refractivity contribution in [2.45, 2.75) is 20.3 Å². The number of amides is 1. The minimum absolute atomic E-state index is 0.0649. The van der Waals surface area contributed by atoms with Crippen molar-refractivity contribution in [1.29, 1.82) is 0 Å². The zero-order chi connectivity index (χ0) is 20.9. The van der Waals surface area contributed by atoms with Crippen LogP contribution in [-0.4, -0.2) is 22.4 Å². The number of carbonyl (C=O) groups excluding carboxylic acids is 1. The van der Waals surface area contributed by atoms with Gasteiger partial charge in [-0.3, -0.25) is 14.7 Å². The van der Waals surface area contributed by atoms with Crippen LogP contribution in [0.1, 0.15) is 27.3 Å². The molecule has 1 amide bonds. The molecule has 0 aliphatic heterocycles. The molecule has 0 radical (unpaired) electrons. The molecule has 0 aliphatic carbocycles. The maximum Gasteiger partial charge on any atom is 0.261 e. The molecule has 2 heterocycles. The van der Waals surface area contributed by atoms with Gasteiger partial charge >= 0.3 is 0 Å².